The van der Waals surface area contributed by atoms with Gasteiger partial charge in [0, 0.05) is 17.0 Å². The summed E-state index contributed by atoms with van der Waals surface area (Å²) in [5.41, 5.74) is 0.361. The molecule has 20 heavy (non-hydrogen) atoms. The first-order valence-electron chi connectivity index (χ1n) is 6.36. The average Bonchev–Trinajstić information content (AvgIpc) is 3.16. The van der Waals surface area contributed by atoms with Crippen LogP contribution in [-0.2, 0) is 6.42 Å². The van der Waals surface area contributed by atoms with Crippen LogP contribution in [0.4, 0.5) is 15.9 Å². The second-order valence-corrected chi connectivity index (χ2v) is 6.19. The Morgan fingerprint density at radius 2 is 2.10 bits per heavy atom. The Labute approximate surface area is 129 Å². The maximum absolute atomic E-state index is 13.8. The van der Waals surface area contributed by atoms with E-state index in [-0.39, 0.29) is 5.82 Å². The van der Waals surface area contributed by atoms with Crippen LogP contribution in [0.1, 0.15) is 18.7 Å². The van der Waals surface area contributed by atoms with Crippen LogP contribution in [0, 0.1) is 11.7 Å². The highest BCUT2D eigenvalue weighted by molar-refractivity contribution is 9.10. The van der Waals surface area contributed by atoms with Gasteiger partial charge in [0.1, 0.15) is 22.6 Å². The molecular formula is C14H12BrClFN3. The molecule has 3 rings (SSSR count). The number of benzene rings is 1. The molecule has 3 nitrogen and oxygen atoms in total. The van der Waals surface area contributed by atoms with Crippen molar-refractivity contribution in [2.24, 2.45) is 5.92 Å². The summed E-state index contributed by atoms with van der Waals surface area (Å²) in [4.78, 5) is 8.59. The van der Waals surface area contributed by atoms with Crippen LogP contribution >= 0.6 is 27.5 Å². The van der Waals surface area contributed by atoms with Crippen molar-refractivity contribution in [1.82, 2.24) is 9.97 Å². The molecule has 0 amide bonds. The molecule has 1 aliphatic rings. The highest BCUT2D eigenvalue weighted by atomic mass is 79.9. The number of halogens is 3. The van der Waals surface area contributed by atoms with Gasteiger partial charge >= 0.3 is 0 Å². The second kappa shape index (κ2) is 5.66. The largest absolute Gasteiger partial charge is 0.338 e. The fourth-order valence-corrected chi connectivity index (χ4v) is 2.46. The van der Waals surface area contributed by atoms with Crippen molar-refractivity contribution in [1.29, 1.82) is 0 Å². The van der Waals surface area contributed by atoms with Gasteiger partial charge in [-0.1, -0.05) is 27.5 Å². The van der Waals surface area contributed by atoms with E-state index in [0.29, 0.717) is 32.9 Å². The van der Waals surface area contributed by atoms with Gasteiger partial charge in [-0.25, -0.2) is 14.4 Å². The van der Waals surface area contributed by atoms with Crippen LogP contribution in [0.25, 0.3) is 0 Å². The van der Waals surface area contributed by atoms with E-state index in [0.717, 1.165) is 6.42 Å². The van der Waals surface area contributed by atoms with E-state index in [9.17, 15) is 4.39 Å². The Kier molecular flexibility index (Phi) is 3.89. The number of aromatic nitrogens is 2. The number of nitrogens with one attached hydrogen (secondary N) is 1. The fraction of sp³-hybridized carbons (Fsp3) is 0.286. The van der Waals surface area contributed by atoms with E-state index >= 15 is 0 Å². The van der Waals surface area contributed by atoms with Crippen LogP contribution in [0.3, 0.4) is 0 Å². The normalized spacial score (nSPS) is 14.3. The SMILES string of the molecule is Fc1cc(Br)ccc1Nc1cc(Cl)nc(CC2CC2)n1. The van der Waals surface area contributed by atoms with Crippen LogP contribution in [0.15, 0.2) is 28.7 Å². The van der Waals surface area contributed by atoms with E-state index in [1.807, 2.05) is 0 Å². The predicted octanol–water partition coefficient (Wildman–Crippen LogP) is 4.73. The maximum Gasteiger partial charge on any atom is 0.147 e. The van der Waals surface area contributed by atoms with Gasteiger partial charge in [-0.2, -0.15) is 0 Å². The quantitative estimate of drug-likeness (QED) is 0.805. The highest BCUT2D eigenvalue weighted by Gasteiger charge is 2.23. The zero-order chi connectivity index (χ0) is 14.1. The monoisotopic (exact) mass is 355 g/mol. The molecule has 0 unspecified atom stereocenters. The fourth-order valence-electron chi connectivity index (χ4n) is 1.93. The van der Waals surface area contributed by atoms with E-state index in [4.69, 9.17) is 11.6 Å². The molecule has 1 saturated carbocycles. The van der Waals surface area contributed by atoms with Crippen LogP contribution < -0.4 is 5.32 Å². The molecule has 104 valence electrons. The Morgan fingerprint density at radius 3 is 2.80 bits per heavy atom. The minimum Gasteiger partial charge on any atom is -0.338 e. The lowest BCUT2D eigenvalue weighted by Crippen LogP contribution is -2.02. The summed E-state index contributed by atoms with van der Waals surface area (Å²) in [6.07, 6.45) is 3.28. The molecular weight excluding hydrogens is 345 g/mol. The van der Waals surface area contributed by atoms with Crippen molar-refractivity contribution in [3.8, 4) is 0 Å². The molecule has 1 aromatic heterocycles. The van der Waals surface area contributed by atoms with E-state index in [1.54, 1.807) is 18.2 Å². The number of hydrogen-bond acceptors (Lipinski definition) is 3. The summed E-state index contributed by atoms with van der Waals surface area (Å²) in [6.45, 7) is 0. The molecule has 1 heterocycles. The minimum absolute atomic E-state index is 0.349. The molecule has 0 spiro atoms. The van der Waals surface area contributed by atoms with Crippen molar-refractivity contribution in [2.75, 3.05) is 5.32 Å². The molecule has 1 fully saturated rings. The molecule has 0 radical (unpaired) electrons. The Morgan fingerprint density at radius 1 is 1.30 bits per heavy atom. The van der Waals surface area contributed by atoms with Gasteiger partial charge in [-0.3, -0.25) is 0 Å². The molecule has 2 aromatic rings. The van der Waals surface area contributed by atoms with Crippen molar-refractivity contribution >= 4 is 39.0 Å². The van der Waals surface area contributed by atoms with Gasteiger partial charge in [0.15, 0.2) is 0 Å². The first-order valence-corrected chi connectivity index (χ1v) is 7.53. The third-order valence-electron chi connectivity index (χ3n) is 3.10. The molecule has 0 aliphatic heterocycles. The van der Waals surface area contributed by atoms with Gasteiger partial charge in [0.05, 0.1) is 5.69 Å². The number of nitrogens with zero attached hydrogens (tertiary/aromatic N) is 2. The molecule has 1 aliphatic carbocycles. The van der Waals surface area contributed by atoms with Crippen LogP contribution in [-0.4, -0.2) is 9.97 Å². The zero-order valence-electron chi connectivity index (χ0n) is 10.5. The van der Waals surface area contributed by atoms with E-state index in [1.165, 1.54) is 18.9 Å². The lowest BCUT2D eigenvalue weighted by molar-refractivity contribution is 0.631. The Balaban J connectivity index is 1.83. The summed E-state index contributed by atoms with van der Waals surface area (Å²) >= 11 is 9.22. The van der Waals surface area contributed by atoms with Crippen molar-refractivity contribution in [2.45, 2.75) is 19.3 Å². The minimum atomic E-state index is -0.349. The van der Waals surface area contributed by atoms with E-state index in [2.05, 4.69) is 31.2 Å². The lowest BCUT2D eigenvalue weighted by atomic mass is 10.3. The third-order valence-corrected chi connectivity index (χ3v) is 3.79. The number of hydrogen-bond donors (Lipinski definition) is 1. The van der Waals surface area contributed by atoms with Crippen LogP contribution in [0.5, 0.6) is 0 Å². The standard InChI is InChI=1S/C14H12BrClFN3/c15-9-3-4-11(10(17)6-9)18-14-7-12(16)19-13(20-14)5-8-1-2-8/h3-4,6-8H,1-2,5H2,(H,18,19,20). The molecule has 6 heteroatoms. The summed E-state index contributed by atoms with van der Waals surface area (Å²) < 4.78 is 14.5. The molecule has 0 bridgehead atoms. The van der Waals surface area contributed by atoms with Gasteiger partial charge in [-0.15, -0.1) is 0 Å². The first-order chi connectivity index (χ1) is 9.60. The van der Waals surface area contributed by atoms with Crippen LogP contribution in [0.2, 0.25) is 5.15 Å². The first kappa shape index (κ1) is 13.8. The maximum atomic E-state index is 13.8. The van der Waals surface area contributed by atoms with Gasteiger partial charge in [0.25, 0.3) is 0 Å². The van der Waals surface area contributed by atoms with Crippen molar-refractivity contribution < 1.29 is 4.39 Å². The smallest absolute Gasteiger partial charge is 0.147 e. The summed E-state index contributed by atoms with van der Waals surface area (Å²) in [5, 5.41) is 3.31. The summed E-state index contributed by atoms with van der Waals surface area (Å²) in [5.74, 6) is 1.55. The average molecular weight is 357 g/mol. The second-order valence-electron chi connectivity index (χ2n) is 4.89. The van der Waals surface area contributed by atoms with E-state index < -0.39 is 0 Å². The summed E-state index contributed by atoms with van der Waals surface area (Å²) in [7, 11) is 0. The molecule has 0 saturated heterocycles. The van der Waals surface area contributed by atoms with Gasteiger partial charge < -0.3 is 5.32 Å². The molecule has 0 atom stereocenters. The topological polar surface area (TPSA) is 37.8 Å². The van der Waals surface area contributed by atoms with Crippen molar-refractivity contribution in [3.05, 3.63) is 45.5 Å². The molecule has 1 aromatic carbocycles. The highest BCUT2D eigenvalue weighted by Crippen LogP contribution is 2.32. The Hall–Kier alpha value is -1.20. The lowest BCUT2D eigenvalue weighted by Gasteiger charge is -2.09. The number of rotatable bonds is 4. The third kappa shape index (κ3) is 3.46. The predicted molar refractivity (Wildman–Crippen MR) is 80.9 cm³/mol. The molecule has 1 N–H and O–H groups in total. The van der Waals surface area contributed by atoms with Gasteiger partial charge in [0.2, 0.25) is 0 Å². The van der Waals surface area contributed by atoms with Gasteiger partial charge in [-0.05, 0) is 37.0 Å². The Bertz CT molecular complexity index is 646. The van der Waals surface area contributed by atoms with Crippen molar-refractivity contribution in [3.63, 3.8) is 0 Å². The zero-order valence-corrected chi connectivity index (χ0v) is 12.9. The number of anilines is 2. The summed E-state index contributed by atoms with van der Waals surface area (Å²) in [6, 6.07) is 6.41.